The standard InChI is InChI=1S/C18H23N3O2/c1-2-23-17-13-16(18(22)19-14-9-5-3-6-10-14)20-21(17)15-11-7-4-8-12-15/h4,7-8,11-14H,2-3,5-6,9-10H2,1H3,(H,19,22). The van der Waals surface area contributed by atoms with Crippen LogP contribution in [0.25, 0.3) is 5.69 Å². The highest BCUT2D eigenvalue weighted by molar-refractivity contribution is 5.92. The first-order chi connectivity index (χ1) is 11.3. The van der Waals surface area contributed by atoms with Crippen LogP contribution in [0.15, 0.2) is 36.4 Å². The maximum absolute atomic E-state index is 12.5. The maximum Gasteiger partial charge on any atom is 0.272 e. The molecular formula is C18H23N3O2. The van der Waals surface area contributed by atoms with Crippen molar-refractivity contribution in [2.24, 2.45) is 0 Å². The van der Waals surface area contributed by atoms with Crippen molar-refractivity contribution < 1.29 is 9.53 Å². The lowest BCUT2D eigenvalue weighted by molar-refractivity contribution is 0.0922. The van der Waals surface area contributed by atoms with Gasteiger partial charge in [0, 0.05) is 12.1 Å². The molecular weight excluding hydrogens is 290 g/mol. The summed E-state index contributed by atoms with van der Waals surface area (Å²) < 4.78 is 7.31. The van der Waals surface area contributed by atoms with Gasteiger partial charge in [0.25, 0.3) is 5.91 Å². The highest BCUT2D eigenvalue weighted by Crippen LogP contribution is 2.21. The Kier molecular flexibility index (Phi) is 4.95. The van der Waals surface area contributed by atoms with Gasteiger partial charge in [-0.05, 0) is 31.9 Å². The van der Waals surface area contributed by atoms with Crippen molar-refractivity contribution in [2.75, 3.05) is 6.61 Å². The number of carbonyl (C=O) groups excluding carboxylic acids is 1. The zero-order chi connectivity index (χ0) is 16.1. The molecule has 23 heavy (non-hydrogen) atoms. The topological polar surface area (TPSA) is 56.1 Å². The molecule has 122 valence electrons. The Labute approximate surface area is 136 Å². The van der Waals surface area contributed by atoms with Gasteiger partial charge in [-0.3, -0.25) is 4.79 Å². The summed E-state index contributed by atoms with van der Waals surface area (Å²) in [5.41, 5.74) is 1.29. The summed E-state index contributed by atoms with van der Waals surface area (Å²) in [5, 5.41) is 7.54. The monoisotopic (exact) mass is 313 g/mol. The number of benzene rings is 1. The smallest absolute Gasteiger partial charge is 0.272 e. The van der Waals surface area contributed by atoms with E-state index in [1.807, 2.05) is 37.3 Å². The van der Waals surface area contributed by atoms with Crippen LogP contribution in [0.5, 0.6) is 5.88 Å². The van der Waals surface area contributed by atoms with Crippen LogP contribution < -0.4 is 10.1 Å². The Morgan fingerprint density at radius 1 is 1.26 bits per heavy atom. The van der Waals surface area contributed by atoms with Crippen LogP contribution >= 0.6 is 0 Å². The third kappa shape index (κ3) is 3.73. The summed E-state index contributed by atoms with van der Waals surface area (Å²) >= 11 is 0. The molecule has 1 N–H and O–H groups in total. The SMILES string of the molecule is CCOc1cc(C(=O)NC2CCCCC2)nn1-c1ccccc1. The van der Waals surface area contributed by atoms with Gasteiger partial charge in [-0.2, -0.15) is 5.10 Å². The molecule has 2 aromatic rings. The summed E-state index contributed by atoms with van der Waals surface area (Å²) in [7, 11) is 0. The molecule has 0 saturated heterocycles. The molecule has 0 radical (unpaired) electrons. The molecule has 0 bridgehead atoms. The van der Waals surface area contributed by atoms with E-state index in [2.05, 4.69) is 10.4 Å². The van der Waals surface area contributed by atoms with E-state index in [-0.39, 0.29) is 11.9 Å². The minimum Gasteiger partial charge on any atom is -0.478 e. The molecule has 1 fully saturated rings. The van der Waals surface area contributed by atoms with Crippen molar-refractivity contribution in [1.82, 2.24) is 15.1 Å². The Hall–Kier alpha value is -2.30. The Morgan fingerprint density at radius 3 is 2.70 bits per heavy atom. The van der Waals surface area contributed by atoms with E-state index in [4.69, 9.17) is 4.74 Å². The summed E-state index contributed by atoms with van der Waals surface area (Å²) in [4.78, 5) is 12.5. The van der Waals surface area contributed by atoms with Gasteiger partial charge in [-0.25, -0.2) is 4.68 Å². The van der Waals surface area contributed by atoms with Crippen molar-refractivity contribution in [3.63, 3.8) is 0 Å². The molecule has 1 aromatic heterocycles. The first kappa shape index (κ1) is 15.6. The summed E-state index contributed by atoms with van der Waals surface area (Å²) in [6.45, 7) is 2.45. The molecule has 1 aliphatic rings. The number of para-hydroxylation sites is 1. The van der Waals surface area contributed by atoms with E-state index in [1.165, 1.54) is 19.3 Å². The Bertz CT molecular complexity index is 646. The first-order valence-corrected chi connectivity index (χ1v) is 8.37. The number of nitrogens with zero attached hydrogens (tertiary/aromatic N) is 2. The number of hydrogen-bond acceptors (Lipinski definition) is 3. The molecule has 1 amide bonds. The molecule has 3 rings (SSSR count). The molecule has 0 spiro atoms. The van der Waals surface area contributed by atoms with Crippen LogP contribution in [0, 0.1) is 0 Å². The third-order valence-electron chi connectivity index (χ3n) is 4.14. The molecule has 1 aromatic carbocycles. The van der Waals surface area contributed by atoms with Gasteiger partial charge in [-0.1, -0.05) is 37.5 Å². The van der Waals surface area contributed by atoms with Gasteiger partial charge in [0.2, 0.25) is 5.88 Å². The minimum absolute atomic E-state index is 0.118. The lowest BCUT2D eigenvalue weighted by Crippen LogP contribution is -2.36. The third-order valence-corrected chi connectivity index (χ3v) is 4.14. The predicted molar refractivity (Wildman–Crippen MR) is 89.1 cm³/mol. The highest BCUT2D eigenvalue weighted by Gasteiger charge is 2.20. The first-order valence-electron chi connectivity index (χ1n) is 8.37. The summed E-state index contributed by atoms with van der Waals surface area (Å²) in [6.07, 6.45) is 5.76. The van der Waals surface area contributed by atoms with Crippen molar-refractivity contribution in [3.8, 4) is 11.6 Å². The number of carbonyl (C=O) groups is 1. The largest absolute Gasteiger partial charge is 0.478 e. The van der Waals surface area contributed by atoms with E-state index in [0.29, 0.717) is 18.2 Å². The molecule has 5 nitrogen and oxygen atoms in total. The van der Waals surface area contributed by atoms with E-state index in [0.717, 1.165) is 18.5 Å². The fourth-order valence-electron chi connectivity index (χ4n) is 2.99. The van der Waals surface area contributed by atoms with Crippen LogP contribution in [-0.4, -0.2) is 28.3 Å². The average Bonchev–Trinajstić information content (AvgIpc) is 3.01. The predicted octanol–water partition coefficient (Wildman–Crippen LogP) is 3.33. The second-order valence-electron chi connectivity index (χ2n) is 5.86. The molecule has 1 saturated carbocycles. The Morgan fingerprint density at radius 2 is 2.00 bits per heavy atom. The average molecular weight is 313 g/mol. The lowest BCUT2D eigenvalue weighted by atomic mass is 9.95. The van der Waals surface area contributed by atoms with Crippen LogP contribution in [0.3, 0.4) is 0 Å². The highest BCUT2D eigenvalue weighted by atomic mass is 16.5. The number of ether oxygens (including phenoxy) is 1. The van der Waals surface area contributed by atoms with E-state index in [1.54, 1.807) is 10.7 Å². The van der Waals surface area contributed by atoms with Crippen molar-refractivity contribution >= 4 is 5.91 Å². The quantitative estimate of drug-likeness (QED) is 0.921. The van der Waals surface area contributed by atoms with E-state index in [9.17, 15) is 4.79 Å². The molecule has 0 unspecified atom stereocenters. The van der Waals surface area contributed by atoms with Gasteiger partial charge < -0.3 is 10.1 Å². The zero-order valence-electron chi connectivity index (χ0n) is 13.5. The summed E-state index contributed by atoms with van der Waals surface area (Å²) in [6, 6.07) is 11.7. The molecule has 0 atom stereocenters. The second kappa shape index (κ2) is 7.31. The molecule has 1 heterocycles. The van der Waals surface area contributed by atoms with Crippen molar-refractivity contribution in [3.05, 3.63) is 42.1 Å². The van der Waals surface area contributed by atoms with Crippen molar-refractivity contribution in [2.45, 2.75) is 45.1 Å². The number of aromatic nitrogens is 2. The fourth-order valence-corrected chi connectivity index (χ4v) is 2.99. The number of amides is 1. The van der Waals surface area contributed by atoms with Gasteiger partial charge in [-0.15, -0.1) is 0 Å². The minimum atomic E-state index is -0.118. The fraction of sp³-hybridized carbons (Fsp3) is 0.444. The molecule has 1 aliphatic carbocycles. The number of nitrogens with one attached hydrogen (secondary N) is 1. The molecule has 5 heteroatoms. The van der Waals surface area contributed by atoms with Gasteiger partial charge in [0.1, 0.15) is 0 Å². The van der Waals surface area contributed by atoms with Gasteiger partial charge >= 0.3 is 0 Å². The Balaban J connectivity index is 1.80. The van der Waals surface area contributed by atoms with Crippen LogP contribution in [-0.2, 0) is 0 Å². The number of rotatable bonds is 5. The number of hydrogen-bond donors (Lipinski definition) is 1. The van der Waals surface area contributed by atoms with Gasteiger partial charge in [0.15, 0.2) is 5.69 Å². The van der Waals surface area contributed by atoms with Crippen LogP contribution in [0.1, 0.15) is 49.5 Å². The van der Waals surface area contributed by atoms with Gasteiger partial charge in [0.05, 0.1) is 12.3 Å². The molecule has 0 aliphatic heterocycles. The van der Waals surface area contributed by atoms with Crippen LogP contribution in [0.4, 0.5) is 0 Å². The maximum atomic E-state index is 12.5. The normalized spacial score (nSPS) is 15.3. The van der Waals surface area contributed by atoms with E-state index >= 15 is 0 Å². The summed E-state index contributed by atoms with van der Waals surface area (Å²) in [5.74, 6) is 0.472. The van der Waals surface area contributed by atoms with Crippen molar-refractivity contribution in [1.29, 1.82) is 0 Å². The van der Waals surface area contributed by atoms with E-state index < -0.39 is 0 Å². The van der Waals surface area contributed by atoms with Crippen LogP contribution in [0.2, 0.25) is 0 Å². The lowest BCUT2D eigenvalue weighted by Gasteiger charge is -2.22. The second-order valence-corrected chi connectivity index (χ2v) is 5.86. The zero-order valence-corrected chi connectivity index (χ0v) is 13.5.